The molecular weight excluding hydrogens is 254 g/mol. The number of hydrogen-bond donors (Lipinski definition) is 1. The molecule has 0 atom stereocenters. The number of rotatable bonds is 3. The number of aromatic carboxylic acids is 1. The minimum Gasteiger partial charge on any atom is -0.478 e. The van der Waals surface area contributed by atoms with Gasteiger partial charge in [0.25, 0.3) is 0 Å². The molecule has 0 bridgehead atoms. The summed E-state index contributed by atoms with van der Waals surface area (Å²) in [6.07, 6.45) is 1.26. The van der Waals surface area contributed by atoms with Gasteiger partial charge in [0.2, 0.25) is 0 Å². The lowest BCUT2D eigenvalue weighted by Crippen LogP contribution is -2.07. The average molecular weight is 264 g/mol. The smallest absolute Gasteiger partial charge is 0.339 e. The monoisotopic (exact) mass is 264 g/mol. The average Bonchev–Trinajstić information content (AvgIpc) is 2.32. The van der Waals surface area contributed by atoms with Crippen molar-refractivity contribution in [3.8, 4) is 0 Å². The second-order valence-electron chi connectivity index (χ2n) is 4.00. The van der Waals surface area contributed by atoms with E-state index in [1.807, 2.05) is 0 Å². The summed E-state index contributed by atoms with van der Waals surface area (Å²) in [6.45, 7) is 1.54. The summed E-state index contributed by atoms with van der Waals surface area (Å²) in [6, 6.07) is 3.25. The molecule has 0 aliphatic rings. The first kappa shape index (κ1) is 13.1. The molecular formula is C13H10F2N2O2. The molecule has 0 aliphatic carbocycles. The molecule has 1 aromatic heterocycles. The highest BCUT2D eigenvalue weighted by Gasteiger charge is 2.11. The van der Waals surface area contributed by atoms with Crippen molar-refractivity contribution < 1.29 is 18.7 Å². The highest BCUT2D eigenvalue weighted by atomic mass is 19.1. The number of carboxylic acid groups (broad SMARTS) is 1. The molecule has 0 unspecified atom stereocenters. The molecule has 1 N–H and O–H groups in total. The fraction of sp³-hybridized carbons (Fsp3) is 0.154. The van der Waals surface area contributed by atoms with Crippen molar-refractivity contribution in [2.45, 2.75) is 13.3 Å². The Bertz CT molecular complexity index is 645. The molecule has 0 saturated heterocycles. The maximum atomic E-state index is 13.5. The van der Waals surface area contributed by atoms with Crippen LogP contribution in [-0.2, 0) is 6.42 Å². The van der Waals surface area contributed by atoms with Crippen molar-refractivity contribution in [1.29, 1.82) is 0 Å². The Labute approximate surface area is 107 Å². The minimum absolute atomic E-state index is 0.00308. The zero-order valence-corrected chi connectivity index (χ0v) is 10.0. The molecule has 0 spiro atoms. The minimum atomic E-state index is -1.11. The van der Waals surface area contributed by atoms with Crippen LogP contribution in [0.1, 0.15) is 27.4 Å². The van der Waals surface area contributed by atoms with E-state index in [-0.39, 0.29) is 23.4 Å². The quantitative estimate of drug-likeness (QED) is 0.924. The Kier molecular flexibility index (Phi) is 3.50. The van der Waals surface area contributed by atoms with Crippen molar-refractivity contribution in [3.63, 3.8) is 0 Å². The first-order chi connectivity index (χ1) is 8.97. The zero-order chi connectivity index (χ0) is 14.0. The van der Waals surface area contributed by atoms with E-state index in [1.165, 1.54) is 19.2 Å². The lowest BCUT2D eigenvalue weighted by Gasteiger charge is -2.05. The third-order valence-electron chi connectivity index (χ3n) is 2.62. The molecule has 1 heterocycles. The number of hydrogen-bond acceptors (Lipinski definition) is 3. The summed E-state index contributed by atoms with van der Waals surface area (Å²) in [4.78, 5) is 18.7. The molecule has 1 aromatic carbocycles. The maximum absolute atomic E-state index is 13.5. The number of aromatic nitrogens is 2. The lowest BCUT2D eigenvalue weighted by atomic mass is 10.1. The van der Waals surface area contributed by atoms with Crippen LogP contribution in [0.5, 0.6) is 0 Å². The highest BCUT2D eigenvalue weighted by Crippen LogP contribution is 2.13. The van der Waals surface area contributed by atoms with Gasteiger partial charge in [0, 0.05) is 18.7 Å². The number of carbonyl (C=O) groups is 1. The largest absolute Gasteiger partial charge is 0.478 e. The lowest BCUT2D eigenvalue weighted by molar-refractivity contribution is 0.0695. The van der Waals surface area contributed by atoms with E-state index in [0.717, 1.165) is 12.1 Å². The van der Waals surface area contributed by atoms with E-state index in [9.17, 15) is 13.6 Å². The zero-order valence-electron chi connectivity index (χ0n) is 10.0. The normalized spacial score (nSPS) is 10.5. The fourth-order valence-corrected chi connectivity index (χ4v) is 1.65. The number of halogens is 2. The van der Waals surface area contributed by atoms with Gasteiger partial charge in [-0.2, -0.15) is 0 Å². The van der Waals surface area contributed by atoms with E-state index in [2.05, 4.69) is 9.97 Å². The van der Waals surface area contributed by atoms with Crippen LogP contribution < -0.4 is 0 Å². The number of aryl methyl sites for hydroxylation is 1. The molecule has 98 valence electrons. The summed E-state index contributed by atoms with van der Waals surface area (Å²) in [5.74, 6) is -2.16. The Morgan fingerprint density at radius 1 is 1.37 bits per heavy atom. The van der Waals surface area contributed by atoms with E-state index in [1.54, 1.807) is 0 Å². The van der Waals surface area contributed by atoms with Crippen molar-refractivity contribution in [3.05, 3.63) is 58.7 Å². The van der Waals surface area contributed by atoms with Gasteiger partial charge in [-0.1, -0.05) is 6.07 Å². The molecule has 2 aromatic rings. The number of benzene rings is 1. The van der Waals surface area contributed by atoms with Gasteiger partial charge in [0.1, 0.15) is 17.5 Å². The predicted octanol–water partition coefficient (Wildman–Crippen LogP) is 2.35. The van der Waals surface area contributed by atoms with Crippen molar-refractivity contribution in [1.82, 2.24) is 9.97 Å². The van der Waals surface area contributed by atoms with Crippen LogP contribution in [0.4, 0.5) is 8.78 Å². The van der Waals surface area contributed by atoms with Gasteiger partial charge < -0.3 is 5.11 Å². The third-order valence-corrected chi connectivity index (χ3v) is 2.62. The molecule has 0 saturated carbocycles. The Balaban J connectivity index is 2.29. The van der Waals surface area contributed by atoms with Crippen LogP contribution in [0.2, 0.25) is 0 Å². The Morgan fingerprint density at radius 2 is 2.11 bits per heavy atom. The summed E-state index contributed by atoms with van der Waals surface area (Å²) in [5.41, 5.74) is 0.562. The van der Waals surface area contributed by atoms with Crippen molar-refractivity contribution in [2.24, 2.45) is 0 Å². The Hall–Kier alpha value is -2.37. The van der Waals surface area contributed by atoms with E-state index < -0.39 is 17.6 Å². The first-order valence-corrected chi connectivity index (χ1v) is 5.47. The molecule has 0 amide bonds. The van der Waals surface area contributed by atoms with Gasteiger partial charge in [0.15, 0.2) is 0 Å². The SMILES string of the molecule is Cc1nc(Cc2ccc(F)cc2F)ncc1C(=O)O. The number of nitrogens with zero attached hydrogens (tertiary/aromatic N) is 2. The topological polar surface area (TPSA) is 63.1 Å². The highest BCUT2D eigenvalue weighted by molar-refractivity contribution is 5.88. The van der Waals surface area contributed by atoms with Crippen LogP contribution in [0.25, 0.3) is 0 Å². The molecule has 4 nitrogen and oxygen atoms in total. The van der Waals surface area contributed by atoms with E-state index in [4.69, 9.17) is 5.11 Å². The second-order valence-corrected chi connectivity index (χ2v) is 4.00. The van der Waals surface area contributed by atoms with Gasteiger partial charge in [-0.15, -0.1) is 0 Å². The first-order valence-electron chi connectivity index (χ1n) is 5.47. The molecule has 0 fully saturated rings. The molecule has 0 radical (unpaired) electrons. The van der Waals surface area contributed by atoms with E-state index >= 15 is 0 Å². The van der Waals surface area contributed by atoms with Crippen LogP contribution in [0, 0.1) is 18.6 Å². The van der Waals surface area contributed by atoms with Gasteiger partial charge in [-0.05, 0) is 18.6 Å². The van der Waals surface area contributed by atoms with Crippen LogP contribution in [-0.4, -0.2) is 21.0 Å². The Morgan fingerprint density at radius 3 is 2.68 bits per heavy atom. The third kappa shape index (κ3) is 2.90. The van der Waals surface area contributed by atoms with Crippen LogP contribution >= 0.6 is 0 Å². The summed E-state index contributed by atoms with van der Waals surface area (Å²) in [7, 11) is 0. The molecule has 2 rings (SSSR count). The number of carboxylic acids is 1. The van der Waals surface area contributed by atoms with Gasteiger partial charge >= 0.3 is 5.97 Å². The van der Waals surface area contributed by atoms with Gasteiger partial charge in [-0.3, -0.25) is 0 Å². The van der Waals surface area contributed by atoms with Crippen LogP contribution in [0.15, 0.2) is 24.4 Å². The van der Waals surface area contributed by atoms with Gasteiger partial charge in [-0.25, -0.2) is 23.5 Å². The van der Waals surface area contributed by atoms with Crippen molar-refractivity contribution >= 4 is 5.97 Å². The van der Waals surface area contributed by atoms with Gasteiger partial charge in [0.05, 0.1) is 11.3 Å². The molecule has 19 heavy (non-hydrogen) atoms. The maximum Gasteiger partial charge on any atom is 0.339 e. The second kappa shape index (κ2) is 5.09. The molecule has 0 aliphatic heterocycles. The summed E-state index contributed by atoms with van der Waals surface area (Å²) >= 11 is 0. The van der Waals surface area contributed by atoms with Crippen molar-refractivity contribution in [2.75, 3.05) is 0 Å². The van der Waals surface area contributed by atoms with Crippen LogP contribution in [0.3, 0.4) is 0 Å². The predicted molar refractivity (Wildman–Crippen MR) is 62.9 cm³/mol. The summed E-state index contributed by atoms with van der Waals surface area (Å²) < 4.78 is 26.2. The standard InChI is InChI=1S/C13H10F2N2O2/c1-7-10(13(18)19)6-16-12(17-7)4-8-2-3-9(14)5-11(8)15/h2-3,5-6H,4H2,1H3,(H,18,19). The molecule has 6 heteroatoms. The fourth-order valence-electron chi connectivity index (χ4n) is 1.65. The van der Waals surface area contributed by atoms with E-state index in [0.29, 0.717) is 5.69 Å². The summed E-state index contributed by atoms with van der Waals surface area (Å²) in [5, 5.41) is 8.84.